The molecule has 174 valence electrons. The van der Waals surface area contributed by atoms with Gasteiger partial charge in [0.1, 0.15) is 5.82 Å². The molecule has 2 aliphatic rings. The topological polar surface area (TPSA) is 80.5 Å². The van der Waals surface area contributed by atoms with Crippen LogP contribution in [0.2, 0.25) is 0 Å². The quantitative estimate of drug-likeness (QED) is 0.661. The van der Waals surface area contributed by atoms with Crippen LogP contribution >= 0.6 is 0 Å². The predicted octanol–water partition coefficient (Wildman–Crippen LogP) is 3.35. The van der Waals surface area contributed by atoms with Crippen molar-refractivity contribution in [3.8, 4) is 0 Å². The Morgan fingerprint density at radius 3 is 2.19 bits per heavy atom. The zero-order chi connectivity index (χ0) is 23.1. The predicted molar refractivity (Wildman–Crippen MR) is 113 cm³/mol. The lowest BCUT2D eigenvalue weighted by molar-refractivity contribution is -0.136. The van der Waals surface area contributed by atoms with Gasteiger partial charge in [0.15, 0.2) is 21.5 Å². The molecule has 1 aromatic carbocycles. The van der Waals surface area contributed by atoms with Gasteiger partial charge in [-0.05, 0) is 70.4 Å². The number of piperidine rings is 1. The number of carbonyl (C=O) groups is 1. The Morgan fingerprint density at radius 2 is 1.65 bits per heavy atom. The summed E-state index contributed by atoms with van der Waals surface area (Å²) in [6, 6.07) is 0.909. The maximum atomic E-state index is 14.0. The highest BCUT2D eigenvalue weighted by atomic mass is 32.2. The third-order valence-electron chi connectivity index (χ3n) is 6.73. The summed E-state index contributed by atoms with van der Waals surface area (Å²) in [4.78, 5) is 14.6. The van der Waals surface area contributed by atoms with Gasteiger partial charge in [-0.3, -0.25) is 4.79 Å². The molecule has 2 aliphatic heterocycles. The highest BCUT2D eigenvalue weighted by Gasteiger charge is 2.44. The van der Waals surface area contributed by atoms with Crippen molar-refractivity contribution in [3.05, 3.63) is 35.1 Å². The van der Waals surface area contributed by atoms with Crippen molar-refractivity contribution in [3.63, 3.8) is 0 Å². The molecule has 0 unspecified atom stereocenters. The Bertz CT molecular complexity index is 932. The van der Waals surface area contributed by atoms with E-state index in [1.54, 1.807) is 20.8 Å². The molecule has 1 aromatic rings. The average molecular weight is 461 g/mol. The number of sulfone groups is 1. The first-order valence-corrected chi connectivity index (χ1v) is 12.4. The Labute approximate surface area is 182 Å². The first kappa shape index (κ1) is 24.0. The molecule has 31 heavy (non-hydrogen) atoms. The van der Waals surface area contributed by atoms with E-state index < -0.39 is 38.1 Å². The molecule has 3 rings (SSSR count). The molecule has 5 nitrogen and oxygen atoms in total. The summed E-state index contributed by atoms with van der Waals surface area (Å²) in [6.45, 7) is 4.87. The second-order valence-electron chi connectivity index (χ2n) is 9.82. The molecule has 2 fully saturated rings. The largest absolute Gasteiger partial charge is 0.337 e. The molecule has 0 saturated carbocycles. The summed E-state index contributed by atoms with van der Waals surface area (Å²) in [5, 5.41) is 0. The third kappa shape index (κ3) is 5.08. The van der Waals surface area contributed by atoms with Crippen LogP contribution in [0.5, 0.6) is 0 Å². The number of rotatable bonds is 6. The number of carbonyl (C=O) groups excluding carboxylic acids is 1. The molecule has 0 aromatic heterocycles. The van der Waals surface area contributed by atoms with Gasteiger partial charge < -0.3 is 10.6 Å². The van der Waals surface area contributed by atoms with Crippen molar-refractivity contribution in [2.24, 2.45) is 11.7 Å². The van der Waals surface area contributed by atoms with E-state index in [-0.39, 0.29) is 48.1 Å². The fourth-order valence-electron chi connectivity index (χ4n) is 4.77. The number of nitrogens with two attached hydrogens (primary N) is 1. The zero-order valence-electron chi connectivity index (χ0n) is 18.2. The van der Waals surface area contributed by atoms with Gasteiger partial charge in [-0.1, -0.05) is 0 Å². The summed E-state index contributed by atoms with van der Waals surface area (Å²) in [5.41, 5.74) is 6.36. The first-order valence-electron chi connectivity index (χ1n) is 10.7. The highest BCUT2D eigenvalue weighted by Crippen LogP contribution is 2.40. The Kier molecular flexibility index (Phi) is 6.77. The minimum atomic E-state index is -3.38. The van der Waals surface area contributed by atoms with E-state index in [0.717, 1.165) is 18.9 Å². The van der Waals surface area contributed by atoms with Crippen molar-refractivity contribution >= 4 is 15.7 Å². The second kappa shape index (κ2) is 8.73. The minimum Gasteiger partial charge on any atom is -0.337 e. The maximum absolute atomic E-state index is 14.0. The molecule has 1 amide bonds. The molecule has 2 saturated heterocycles. The van der Waals surface area contributed by atoms with Gasteiger partial charge in [0.05, 0.1) is 10.5 Å². The number of amides is 1. The van der Waals surface area contributed by atoms with Gasteiger partial charge in [-0.2, -0.15) is 0 Å². The molecule has 0 radical (unpaired) electrons. The van der Waals surface area contributed by atoms with Crippen LogP contribution < -0.4 is 5.73 Å². The Morgan fingerprint density at radius 1 is 1.10 bits per heavy atom. The lowest BCUT2D eigenvalue weighted by Crippen LogP contribution is -2.50. The lowest BCUT2D eigenvalue weighted by atomic mass is 9.82. The van der Waals surface area contributed by atoms with Crippen LogP contribution in [0.4, 0.5) is 13.2 Å². The molecular formula is C22H31F3N2O3S. The van der Waals surface area contributed by atoms with Crippen LogP contribution in [0.3, 0.4) is 0 Å². The van der Waals surface area contributed by atoms with Crippen LogP contribution in [-0.2, 0) is 21.1 Å². The van der Waals surface area contributed by atoms with Gasteiger partial charge in [0.25, 0.3) is 0 Å². The van der Waals surface area contributed by atoms with Crippen LogP contribution in [-0.4, -0.2) is 47.9 Å². The third-order valence-corrected chi connectivity index (χ3v) is 9.33. The molecule has 2 heterocycles. The number of nitrogens with zero attached hydrogens (tertiary/aromatic N) is 1. The molecule has 0 spiro atoms. The van der Waals surface area contributed by atoms with E-state index in [2.05, 4.69) is 0 Å². The van der Waals surface area contributed by atoms with Gasteiger partial charge >= 0.3 is 0 Å². The van der Waals surface area contributed by atoms with Crippen molar-refractivity contribution in [2.45, 2.75) is 82.2 Å². The average Bonchev–Trinajstić information content (AvgIpc) is 2.92. The molecule has 4 atom stereocenters. The monoisotopic (exact) mass is 460 g/mol. The maximum Gasteiger partial charge on any atom is 0.224 e. The van der Waals surface area contributed by atoms with Crippen molar-refractivity contribution < 1.29 is 26.4 Å². The summed E-state index contributed by atoms with van der Waals surface area (Å²) in [7, 11) is -3.38. The van der Waals surface area contributed by atoms with Gasteiger partial charge in [-0.25, -0.2) is 21.6 Å². The van der Waals surface area contributed by atoms with Crippen LogP contribution in [0.15, 0.2) is 12.1 Å². The number of halogens is 3. The fourth-order valence-corrected chi connectivity index (χ4v) is 5.83. The van der Waals surface area contributed by atoms with Gasteiger partial charge in [0, 0.05) is 30.6 Å². The number of fused-ring (bicyclic) bond motifs is 2. The number of hydrogen-bond donors (Lipinski definition) is 1. The summed E-state index contributed by atoms with van der Waals surface area (Å²) in [5.74, 6) is -3.46. The highest BCUT2D eigenvalue weighted by molar-refractivity contribution is 7.92. The standard InChI is InChI=1S/C22H31F3N2O3S/c1-22(2,3)31(29,30)7-6-21(28)27-15-4-5-16(27)9-14(8-15)20(26)11-13-10-18(24)19(25)12-17(13)23/h10,12,14-16,20H,4-9,11,26H2,1-3H3/t14-,15-,16+,20-/m1/s1. The van der Waals surface area contributed by atoms with E-state index in [1.165, 1.54) is 0 Å². The summed E-state index contributed by atoms with van der Waals surface area (Å²) in [6.07, 6.45) is 2.98. The van der Waals surface area contributed by atoms with Crippen LogP contribution in [0.25, 0.3) is 0 Å². The number of hydrogen-bond acceptors (Lipinski definition) is 4. The first-order chi connectivity index (χ1) is 14.3. The fraction of sp³-hybridized carbons (Fsp3) is 0.682. The lowest BCUT2D eigenvalue weighted by Gasteiger charge is -2.41. The smallest absolute Gasteiger partial charge is 0.224 e. The van der Waals surface area contributed by atoms with Crippen LogP contribution in [0.1, 0.15) is 58.4 Å². The normalized spacial score (nSPS) is 25.0. The van der Waals surface area contributed by atoms with E-state index in [4.69, 9.17) is 5.73 Å². The minimum absolute atomic E-state index is 0.0190. The molecule has 2 bridgehead atoms. The van der Waals surface area contributed by atoms with Crippen molar-refractivity contribution in [1.29, 1.82) is 0 Å². The molecule has 9 heteroatoms. The zero-order valence-corrected chi connectivity index (χ0v) is 19.0. The van der Waals surface area contributed by atoms with Gasteiger partial charge in [-0.15, -0.1) is 0 Å². The second-order valence-corrected chi connectivity index (χ2v) is 12.7. The van der Waals surface area contributed by atoms with Gasteiger partial charge in [0.2, 0.25) is 5.91 Å². The molecule has 2 N–H and O–H groups in total. The molecular weight excluding hydrogens is 429 g/mol. The van der Waals surface area contributed by atoms with E-state index in [1.807, 2.05) is 4.90 Å². The van der Waals surface area contributed by atoms with E-state index in [9.17, 15) is 26.4 Å². The van der Waals surface area contributed by atoms with E-state index >= 15 is 0 Å². The van der Waals surface area contributed by atoms with E-state index in [0.29, 0.717) is 18.9 Å². The van der Waals surface area contributed by atoms with Crippen molar-refractivity contribution in [2.75, 3.05) is 5.75 Å². The number of benzene rings is 1. The summed E-state index contributed by atoms with van der Waals surface area (Å²) < 4.78 is 64.4. The Balaban J connectivity index is 1.62. The molecule has 0 aliphatic carbocycles. The SMILES string of the molecule is CC(C)(C)S(=O)(=O)CCC(=O)N1[C@@H]2CC[C@H]1C[C@H]([C@H](N)Cc1cc(F)c(F)cc1F)C2. The van der Waals surface area contributed by atoms with Crippen LogP contribution in [0, 0.1) is 23.4 Å². The van der Waals surface area contributed by atoms with Crippen molar-refractivity contribution in [1.82, 2.24) is 4.90 Å². The summed E-state index contributed by atoms with van der Waals surface area (Å²) >= 11 is 0. The Hall–Kier alpha value is -1.61.